The lowest BCUT2D eigenvalue weighted by molar-refractivity contribution is -0.156. The Kier molecular flexibility index (Phi) is 11.9. The summed E-state index contributed by atoms with van der Waals surface area (Å²) in [5.74, 6) is -3.95. The fraction of sp³-hybridized carbons (Fsp3) is 0.513. The highest BCUT2D eigenvalue weighted by molar-refractivity contribution is 6.11. The van der Waals surface area contributed by atoms with Crippen LogP contribution in [0.15, 0.2) is 60.7 Å². The Hall–Kier alpha value is -3.55. The summed E-state index contributed by atoms with van der Waals surface area (Å²) >= 11 is 0. The van der Waals surface area contributed by atoms with Gasteiger partial charge in [0.1, 0.15) is 17.8 Å². The van der Waals surface area contributed by atoms with E-state index >= 15 is 0 Å². The monoisotopic (exact) mass is 689 g/mol. The minimum Gasteiger partial charge on any atom is -0.485 e. The van der Waals surface area contributed by atoms with Crippen LogP contribution < -0.4 is 21.9 Å². The van der Waals surface area contributed by atoms with Crippen molar-refractivity contribution in [3.05, 3.63) is 77.4 Å². The summed E-state index contributed by atoms with van der Waals surface area (Å²) in [7, 11) is 0. The molecule has 3 aromatic carbocycles. The van der Waals surface area contributed by atoms with Crippen molar-refractivity contribution in [1.82, 2.24) is 0 Å². The quantitative estimate of drug-likeness (QED) is 0.0907. The molecule has 5 unspecified atom stereocenters. The molecule has 0 aromatic heterocycles. The molecular formula is C39H51N3O8. The molecule has 11 heteroatoms. The normalized spacial score (nSPS) is 22.3. The SMILES string of the molecule is CC(C)C(C(=O)c1ccc2c(c1)C[C@@H](O)[C@H]2N)C(O)C(O)C(N)C(C(=O)COc1cccc2ccccc12)(C(=O)[C@@H](N)CO)C1CCCCC1. The third-order valence-corrected chi connectivity index (χ3v) is 11.0. The first-order valence-electron chi connectivity index (χ1n) is 17.6. The topological polar surface area (TPSA) is 219 Å². The highest BCUT2D eigenvalue weighted by Gasteiger charge is 2.59. The summed E-state index contributed by atoms with van der Waals surface area (Å²) < 4.78 is 6.08. The lowest BCUT2D eigenvalue weighted by Gasteiger charge is -2.47. The first-order chi connectivity index (χ1) is 23.8. The van der Waals surface area contributed by atoms with Crippen LogP contribution in [0.25, 0.3) is 10.8 Å². The number of aliphatic hydroxyl groups is 4. The number of fused-ring (bicyclic) bond motifs is 2. The summed E-state index contributed by atoms with van der Waals surface area (Å²) in [5.41, 5.74) is 18.7. The van der Waals surface area contributed by atoms with Gasteiger partial charge in [0.25, 0.3) is 0 Å². The zero-order chi connectivity index (χ0) is 36.3. The maximum absolute atomic E-state index is 14.7. The standard InChI is InChI=1S/C39H51N3O8/c1-21(2)32(34(46)23-15-16-27-24(17-23)18-29(44)33(27)41)35(47)36(48)37(42)39(38(49)28(40)19-43,25-11-4-3-5-12-25)31(45)20-50-30-14-8-10-22-9-6-7-13-26(22)30/h6-10,13-17,21,25,28-29,32-33,35-37,43-44,47-48H,3-5,11-12,18-20,40-42H2,1-2H3/t28-,29+,32?,33-,35?,36?,37?,39?/m0/s1. The van der Waals surface area contributed by atoms with Crippen LogP contribution in [0.1, 0.15) is 73.5 Å². The Morgan fingerprint density at radius 3 is 2.30 bits per heavy atom. The summed E-state index contributed by atoms with van der Waals surface area (Å²) in [4.78, 5) is 43.1. The van der Waals surface area contributed by atoms with Crippen LogP contribution in [-0.2, 0) is 16.0 Å². The van der Waals surface area contributed by atoms with Crippen molar-refractivity contribution in [3.8, 4) is 5.75 Å². The summed E-state index contributed by atoms with van der Waals surface area (Å²) in [6.07, 6.45) is -1.09. The van der Waals surface area contributed by atoms with E-state index in [1.165, 1.54) is 0 Å². The number of benzene rings is 3. The minimum atomic E-state index is -2.14. The van der Waals surface area contributed by atoms with Gasteiger partial charge in [0.05, 0.1) is 49.0 Å². The molecule has 1 saturated carbocycles. The van der Waals surface area contributed by atoms with Crippen molar-refractivity contribution in [1.29, 1.82) is 0 Å². The van der Waals surface area contributed by atoms with E-state index in [-0.39, 0.29) is 12.0 Å². The highest BCUT2D eigenvalue weighted by Crippen LogP contribution is 2.45. The number of carbonyl (C=O) groups excluding carboxylic acids is 3. The van der Waals surface area contributed by atoms with Crippen molar-refractivity contribution in [2.45, 2.75) is 88.8 Å². The largest absolute Gasteiger partial charge is 0.485 e. The van der Waals surface area contributed by atoms with Crippen molar-refractivity contribution < 1.29 is 39.5 Å². The lowest BCUT2D eigenvalue weighted by atomic mass is 9.57. The molecule has 0 radical (unpaired) electrons. The predicted molar refractivity (Wildman–Crippen MR) is 189 cm³/mol. The smallest absolute Gasteiger partial charge is 0.185 e. The van der Waals surface area contributed by atoms with Gasteiger partial charge < -0.3 is 42.4 Å². The molecule has 0 bridgehead atoms. The molecule has 0 spiro atoms. The Bertz CT molecular complexity index is 1690. The number of aliphatic hydroxyl groups excluding tert-OH is 4. The van der Waals surface area contributed by atoms with E-state index in [0.29, 0.717) is 31.4 Å². The van der Waals surface area contributed by atoms with Crippen LogP contribution in [0.2, 0.25) is 0 Å². The number of rotatable bonds is 15. The van der Waals surface area contributed by atoms with Gasteiger partial charge in [-0.15, -0.1) is 0 Å². The molecule has 10 N–H and O–H groups in total. The fourth-order valence-electron chi connectivity index (χ4n) is 8.28. The number of carbonyl (C=O) groups is 3. The molecule has 2 aliphatic carbocycles. The molecular weight excluding hydrogens is 638 g/mol. The number of ether oxygens (including phenoxy) is 1. The molecule has 1 fully saturated rings. The molecule has 11 nitrogen and oxygen atoms in total. The van der Waals surface area contributed by atoms with Gasteiger partial charge in [-0.1, -0.05) is 81.6 Å². The van der Waals surface area contributed by atoms with E-state index in [0.717, 1.165) is 28.3 Å². The van der Waals surface area contributed by atoms with Crippen LogP contribution >= 0.6 is 0 Å². The van der Waals surface area contributed by atoms with Gasteiger partial charge in [-0.2, -0.15) is 0 Å². The van der Waals surface area contributed by atoms with E-state index in [2.05, 4.69) is 0 Å². The molecule has 0 saturated heterocycles. The van der Waals surface area contributed by atoms with Crippen LogP contribution in [0.5, 0.6) is 5.75 Å². The van der Waals surface area contributed by atoms with Gasteiger partial charge in [0.15, 0.2) is 17.3 Å². The minimum absolute atomic E-state index is 0.264. The van der Waals surface area contributed by atoms with Gasteiger partial charge in [0, 0.05) is 17.4 Å². The Labute approximate surface area is 292 Å². The number of ketones is 3. The number of hydrogen-bond acceptors (Lipinski definition) is 11. The van der Waals surface area contributed by atoms with E-state index in [9.17, 15) is 34.8 Å². The second-order valence-electron chi connectivity index (χ2n) is 14.4. The second-order valence-corrected chi connectivity index (χ2v) is 14.4. The van der Waals surface area contributed by atoms with E-state index in [1.54, 1.807) is 44.2 Å². The summed E-state index contributed by atoms with van der Waals surface area (Å²) in [6, 6.07) is 14.0. The number of hydrogen-bond donors (Lipinski definition) is 7. The van der Waals surface area contributed by atoms with Crippen LogP contribution in [0, 0.1) is 23.2 Å². The van der Waals surface area contributed by atoms with Crippen molar-refractivity contribution in [2.24, 2.45) is 40.4 Å². The predicted octanol–water partition coefficient (Wildman–Crippen LogP) is 2.36. The first kappa shape index (κ1) is 37.7. The van der Waals surface area contributed by atoms with Crippen LogP contribution in [-0.4, -0.2) is 81.4 Å². The molecule has 0 amide bonds. The maximum Gasteiger partial charge on any atom is 0.185 e. The van der Waals surface area contributed by atoms with Gasteiger partial charge in [-0.3, -0.25) is 14.4 Å². The van der Waals surface area contributed by atoms with Gasteiger partial charge in [-0.05, 0) is 53.3 Å². The maximum atomic E-state index is 14.7. The van der Waals surface area contributed by atoms with E-state index in [1.807, 2.05) is 30.3 Å². The summed E-state index contributed by atoms with van der Waals surface area (Å²) in [6.45, 7) is 2.10. The van der Waals surface area contributed by atoms with Crippen LogP contribution in [0.4, 0.5) is 0 Å². The Balaban J connectivity index is 1.51. The molecule has 0 aliphatic heterocycles. The number of Topliss-reactive ketones (excluding diaryl/α,β-unsaturated/α-hetero) is 3. The Morgan fingerprint density at radius 2 is 1.62 bits per heavy atom. The summed E-state index contributed by atoms with van der Waals surface area (Å²) in [5, 5.41) is 45.7. The van der Waals surface area contributed by atoms with Crippen molar-refractivity contribution in [2.75, 3.05) is 13.2 Å². The molecule has 270 valence electrons. The molecule has 5 rings (SSSR count). The zero-order valence-electron chi connectivity index (χ0n) is 28.8. The van der Waals surface area contributed by atoms with Gasteiger partial charge in [0.2, 0.25) is 0 Å². The van der Waals surface area contributed by atoms with Crippen molar-refractivity contribution in [3.63, 3.8) is 0 Å². The zero-order valence-corrected chi connectivity index (χ0v) is 28.8. The highest BCUT2D eigenvalue weighted by atomic mass is 16.5. The molecule has 8 atom stereocenters. The molecule has 0 heterocycles. The van der Waals surface area contributed by atoms with Crippen molar-refractivity contribution >= 4 is 28.1 Å². The first-order valence-corrected chi connectivity index (χ1v) is 17.6. The Morgan fingerprint density at radius 1 is 0.940 bits per heavy atom. The van der Waals surface area contributed by atoms with E-state index in [4.69, 9.17) is 21.9 Å². The van der Waals surface area contributed by atoms with E-state index < -0.39 is 90.2 Å². The number of nitrogens with two attached hydrogens (primary N) is 3. The van der Waals surface area contributed by atoms with Gasteiger partial charge in [-0.25, -0.2) is 0 Å². The third-order valence-electron chi connectivity index (χ3n) is 11.0. The second kappa shape index (κ2) is 15.8. The average molecular weight is 690 g/mol. The lowest BCUT2D eigenvalue weighted by Crippen LogP contribution is -2.68. The average Bonchev–Trinajstić information content (AvgIpc) is 3.41. The van der Waals surface area contributed by atoms with Crippen LogP contribution in [0.3, 0.4) is 0 Å². The molecule has 50 heavy (non-hydrogen) atoms. The fourth-order valence-corrected chi connectivity index (χ4v) is 8.28. The van der Waals surface area contributed by atoms with Gasteiger partial charge >= 0.3 is 0 Å². The third kappa shape index (κ3) is 7.01. The molecule has 2 aliphatic rings. The molecule has 3 aromatic rings.